The Kier molecular flexibility index (Phi) is 7.32. The fraction of sp³-hybridized carbons (Fsp3) is 0.0690. The molecule has 9 aromatic carbocycles. The zero-order chi connectivity index (χ0) is 42.4. The van der Waals surface area contributed by atoms with Gasteiger partial charge in [-0.2, -0.15) is 0 Å². The molecule has 5 heterocycles. The lowest BCUT2D eigenvalue weighted by atomic mass is 9.33. The van der Waals surface area contributed by atoms with Crippen molar-refractivity contribution in [1.29, 1.82) is 0 Å². The second-order valence-electron chi connectivity index (χ2n) is 18.5. The summed E-state index contributed by atoms with van der Waals surface area (Å²) in [6.45, 7) is 7.00. The molecule has 0 saturated heterocycles. The third-order valence-electron chi connectivity index (χ3n) is 14.0. The van der Waals surface area contributed by atoms with Gasteiger partial charge in [-0.05, 0) is 106 Å². The maximum Gasteiger partial charge on any atom is 0.252 e. The van der Waals surface area contributed by atoms with Crippen molar-refractivity contribution in [1.82, 2.24) is 4.57 Å². The minimum absolute atomic E-state index is 0.0262. The van der Waals surface area contributed by atoms with Crippen molar-refractivity contribution in [2.24, 2.45) is 0 Å². The van der Waals surface area contributed by atoms with Crippen molar-refractivity contribution in [2.75, 3.05) is 14.7 Å². The van der Waals surface area contributed by atoms with Crippen molar-refractivity contribution >= 4 is 128 Å². The van der Waals surface area contributed by atoms with Crippen LogP contribution in [-0.4, -0.2) is 11.3 Å². The first-order valence-electron chi connectivity index (χ1n) is 22.3. The number of benzene rings is 9. The molecule has 2 aromatic heterocycles. The van der Waals surface area contributed by atoms with Crippen LogP contribution in [0.2, 0.25) is 0 Å². The molecule has 64 heavy (non-hydrogen) atoms. The van der Waals surface area contributed by atoms with Crippen LogP contribution < -0.4 is 31.1 Å². The molecule has 0 spiro atoms. The number of aromatic nitrogens is 1. The van der Waals surface area contributed by atoms with Crippen molar-refractivity contribution in [2.45, 2.75) is 26.2 Å². The van der Waals surface area contributed by atoms with Crippen LogP contribution >= 0.6 is 11.3 Å². The Labute approximate surface area is 376 Å². The lowest BCUT2D eigenvalue weighted by Crippen LogP contribution is -2.62. The number of anilines is 9. The molecule has 14 rings (SSSR count). The van der Waals surface area contributed by atoms with Crippen LogP contribution in [0.15, 0.2) is 194 Å². The fourth-order valence-electron chi connectivity index (χ4n) is 11.3. The lowest BCUT2D eigenvalue weighted by molar-refractivity contribution is 0.591. The second-order valence-corrected chi connectivity index (χ2v) is 19.6. The predicted octanol–water partition coefficient (Wildman–Crippen LogP) is 14.3. The van der Waals surface area contributed by atoms with Gasteiger partial charge in [0.25, 0.3) is 6.71 Å². The predicted molar refractivity (Wildman–Crippen MR) is 275 cm³/mol. The molecule has 3 aliphatic heterocycles. The van der Waals surface area contributed by atoms with Crippen LogP contribution in [0.1, 0.15) is 26.3 Å². The summed E-state index contributed by atoms with van der Waals surface area (Å²) in [5.41, 5.74) is 19.6. The molecule has 0 bridgehead atoms. The molecule has 0 radical (unpaired) electrons. The molecule has 4 nitrogen and oxygen atoms in total. The first-order valence-corrected chi connectivity index (χ1v) is 23.1. The maximum atomic E-state index is 2.62. The highest BCUT2D eigenvalue weighted by molar-refractivity contribution is 7.26. The average Bonchev–Trinajstić information content (AvgIpc) is 3.88. The molecule has 0 unspecified atom stereocenters. The van der Waals surface area contributed by atoms with E-state index in [1.807, 2.05) is 11.3 Å². The highest BCUT2D eigenvalue weighted by Gasteiger charge is 2.47. The van der Waals surface area contributed by atoms with Gasteiger partial charge in [0.05, 0.1) is 39.5 Å². The van der Waals surface area contributed by atoms with Gasteiger partial charge >= 0.3 is 0 Å². The van der Waals surface area contributed by atoms with Gasteiger partial charge in [0.2, 0.25) is 0 Å². The van der Waals surface area contributed by atoms with E-state index in [2.05, 4.69) is 234 Å². The molecule has 3 aliphatic rings. The summed E-state index contributed by atoms with van der Waals surface area (Å²) in [4.78, 5) is 7.68. The molecular weight excluding hydrogens is 796 g/mol. The molecule has 6 heteroatoms. The molecule has 0 N–H and O–H groups in total. The minimum atomic E-state index is -0.0479. The molecule has 302 valence electrons. The Bertz CT molecular complexity index is 3710. The molecule has 0 aliphatic carbocycles. The van der Waals surface area contributed by atoms with Gasteiger partial charge in [-0.25, -0.2) is 0 Å². The molecule has 0 amide bonds. The topological polar surface area (TPSA) is 14.7 Å². The second kappa shape index (κ2) is 13.0. The number of nitrogens with zero attached hydrogens (tertiary/aromatic N) is 4. The molecular formula is C58H41BN4S. The Hall–Kier alpha value is -7.54. The highest BCUT2D eigenvalue weighted by atomic mass is 32.1. The number of hydrogen-bond acceptors (Lipinski definition) is 4. The Morgan fingerprint density at radius 2 is 1.08 bits per heavy atom. The van der Waals surface area contributed by atoms with Gasteiger partial charge in [0.1, 0.15) is 0 Å². The van der Waals surface area contributed by atoms with E-state index in [1.165, 1.54) is 104 Å². The lowest BCUT2D eigenvalue weighted by Gasteiger charge is -2.47. The first-order chi connectivity index (χ1) is 31.4. The van der Waals surface area contributed by atoms with E-state index in [0.717, 1.165) is 17.1 Å². The van der Waals surface area contributed by atoms with E-state index in [4.69, 9.17) is 0 Å². The van der Waals surface area contributed by atoms with Gasteiger partial charge < -0.3 is 19.3 Å². The fourth-order valence-corrected chi connectivity index (χ4v) is 12.4. The number of fused-ring (bicyclic) bond motifs is 12. The van der Waals surface area contributed by atoms with E-state index >= 15 is 0 Å². The Morgan fingerprint density at radius 1 is 0.453 bits per heavy atom. The molecule has 0 atom stereocenters. The van der Waals surface area contributed by atoms with Gasteiger partial charge in [0, 0.05) is 59.4 Å². The summed E-state index contributed by atoms with van der Waals surface area (Å²) in [5.74, 6) is 0. The van der Waals surface area contributed by atoms with E-state index in [1.54, 1.807) is 0 Å². The third-order valence-corrected chi connectivity index (χ3v) is 15.1. The van der Waals surface area contributed by atoms with Crippen LogP contribution in [-0.2, 0) is 5.41 Å². The van der Waals surface area contributed by atoms with Crippen LogP contribution in [0.4, 0.5) is 51.2 Å². The van der Waals surface area contributed by atoms with E-state index < -0.39 is 0 Å². The number of hydrogen-bond donors (Lipinski definition) is 0. The van der Waals surface area contributed by atoms with Crippen LogP contribution in [0.25, 0.3) is 47.7 Å². The Morgan fingerprint density at radius 3 is 1.86 bits per heavy atom. The molecule has 0 saturated carbocycles. The van der Waals surface area contributed by atoms with E-state index in [9.17, 15) is 0 Å². The van der Waals surface area contributed by atoms with Crippen LogP contribution in [0.5, 0.6) is 0 Å². The van der Waals surface area contributed by atoms with Crippen molar-refractivity contribution in [3.63, 3.8) is 0 Å². The van der Waals surface area contributed by atoms with Crippen LogP contribution in [0.3, 0.4) is 0 Å². The summed E-state index contributed by atoms with van der Waals surface area (Å²) >= 11 is 1.88. The van der Waals surface area contributed by atoms with Crippen LogP contribution in [0, 0.1) is 0 Å². The minimum Gasteiger partial charge on any atom is -0.311 e. The van der Waals surface area contributed by atoms with Crippen molar-refractivity contribution in [3.05, 3.63) is 200 Å². The summed E-state index contributed by atoms with van der Waals surface area (Å²) in [7, 11) is 0. The maximum absolute atomic E-state index is 2.62. The normalized spacial score (nSPS) is 13.5. The van der Waals surface area contributed by atoms with Gasteiger partial charge in [-0.15, -0.1) is 11.3 Å². The van der Waals surface area contributed by atoms with Gasteiger partial charge in [-0.3, -0.25) is 0 Å². The summed E-state index contributed by atoms with van der Waals surface area (Å²) in [5, 5.41) is 5.12. The first kappa shape index (κ1) is 36.0. The quantitative estimate of drug-likeness (QED) is 0.164. The van der Waals surface area contributed by atoms with Gasteiger partial charge in [-0.1, -0.05) is 136 Å². The zero-order valence-corrected chi connectivity index (χ0v) is 36.6. The molecule has 0 fully saturated rings. The molecule has 11 aromatic rings. The largest absolute Gasteiger partial charge is 0.311 e. The van der Waals surface area contributed by atoms with Crippen molar-refractivity contribution in [3.8, 4) is 5.69 Å². The van der Waals surface area contributed by atoms with Gasteiger partial charge in [0.15, 0.2) is 0 Å². The SMILES string of the molecule is CC(C)(C)c1ccc2c(c1)B1c3cccc4c3N(c3cc(N(c5ccccc5)c5ccccc5)cc(c31)N2c1cccc2sc3ccccc3c12)c1cccc2c3ccccc3n-4c12. The summed E-state index contributed by atoms with van der Waals surface area (Å²) in [6.07, 6.45) is 0. The number of thiophene rings is 1. The average molecular weight is 837 g/mol. The van der Waals surface area contributed by atoms with E-state index in [-0.39, 0.29) is 12.1 Å². The highest BCUT2D eigenvalue weighted by Crippen LogP contribution is 2.55. The standard InChI is InChI=1S/C58H41BN4S/c1-58(2,3)36-31-32-46-44(33-36)59-43-24-15-28-49-57(43)63(48-27-14-23-41-40-21-10-12-25-45(40)62(49)56(41)48)51-35-39(60(37-17-6-4-7-18-37)38-19-8-5-9-20-38)34-50(55(51)59)61(46)47-26-16-30-53-54(47)42-22-11-13-29-52(42)64-53/h4-35H,1-3H3. The Balaban J connectivity index is 1.17. The van der Waals surface area contributed by atoms with E-state index in [0.29, 0.717) is 0 Å². The monoisotopic (exact) mass is 836 g/mol. The van der Waals surface area contributed by atoms with Crippen molar-refractivity contribution < 1.29 is 0 Å². The number of rotatable bonds is 4. The zero-order valence-electron chi connectivity index (χ0n) is 35.7. The third kappa shape index (κ3) is 4.83. The smallest absolute Gasteiger partial charge is 0.252 e. The number of para-hydroxylation sites is 5. The summed E-state index contributed by atoms with van der Waals surface area (Å²) in [6, 6.07) is 72.7. The summed E-state index contributed by atoms with van der Waals surface area (Å²) < 4.78 is 5.13.